The Morgan fingerprint density at radius 3 is 2.55 bits per heavy atom. The molecule has 1 unspecified atom stereocenters. The van der Waals surface area contributed by atoms with E-state index < -0.39 is 11.8 Å². The van der Waals surface area contributed by atoms with Gasteiger partial charge in [0.15, 0.2) is 5.76 Å². The average Bonchev–Trinajstić information content (AvgIpc) is 3.15. The van der Waals surface area contributed by atoms with Gasteiger partial charge in [0.25, 0.3) is 11.8 Å². The molecular formula is C21H25ClN2O5. The zero-order valence-electron chi connectivity index (χ0n) is 16.2. The molecule has 1 atom stereocenters. The summed E-state index contributed by atoms with van der Waals surface area (Å²) in [6.45, 7) is -0.322. The highest BCUT2D eigenvalue weighted by Crippen LogP contribution is 2.31. The average molecular weight is 421 g/mol. The summed E-state index contributed by atoms with van der Waals surface area (Å²) < 4.78 is 5.73. The second kappa shape index (κ2) is 9.43. The van der Waals surface area contributed by atoms with Crippen molar-refractivity contribution < 1.29 is 24.2 Å². The minimum absolute atomic E-state index is 0.00723. The minimum atomic E-state index is -0.652. The van der Waals surface area contributed by atoms with Gasteiger partial charge in [0, 0.05) is 24.2 Å². The Labute approximate surface area is 174 Å². The normalized spacial score (nSPS) is 20.1. The van der Waals surface area contributed by atoms with Crippen LogP contribution in [0.3, 0.4) is 0 Å². The summed E-state index contributed by atoms with van der Waals surface area (Å²) in [6, 6.07) is 8.26. The smallest absolute Gasteiger partial charge is 0.286 e. The van der Waals surface area contributed by atoms with Gasteiger partial charge in [-0.15, -0.1) is 0 Å². The van der Waals surface area contributed by atoms with Gasteiger partial charge >= 0.3 is 0 Å². The van der Waals surface area contributed by atoms with Crippen LogP contribution in [0.1, 0.15) is 63.8 Å². The van der Waals surface area contributed by atoms with E-state index in [-0.39, 0.29) is 41.7 Å². The lowest BCUT2D eigenvalue weighted by molar-refractivity contribution is 0.0864. The van der Waals surface area contributed by atoms with Crippen molar-refractivity contribution in [3.8, 4) is 0 Å². The summed E-state index contributed by atoms with van der Waals surface area (Å²) in [5.74, 6) is -1.29. The SMILES string of the molecule is CNC(=O)c1cc(C(=O)NC2CCC(O)CC2)c(C(CO)c2cccc(Cl)c2)o1. The molecule has 29 heavy (non-hydrogen) atoms. The second-order valence-electron chi connectivity index (χ2n) is 7.24. The van der Waals surface area contributed by atoms with Gasteiger partial charge in [0.1, 0.15) is 5.76 Å². The number of hydrogen-bond acceptors (Lipinski definition) is 5. The summed E-state index contributed by atoms with van der Waals surface area (Å²) in [7, 11) is 1.47. The molecule has 1 aliphatic rings. The summed E-state index contributed by atoms with van der Waals surface area (Å²) >= 11 is 6.08. The largest absolute Gasteiger partial charge is 0.454 e. The molecule has 0 saturated heterocycles. The van der Waals surface area contributed by atoms with Crippen LogP contribution in [0.4, 0.5) is 0 Å². The van der Waals surface area contributed by atoms with Crippen molar-refractivity contribution in [3.63, 3.8) is 0 Å². The van der Waals surface area contributed by atoms with E-state index in [0.29, 0.717) is 36.3 Å². The lowest BCUT2D eigenvalue weighted by Crippen LogP contribution is -2.38. The van der Waals surface area contributed by atoms with Crippen LogP contribution < -0.4 is 10.6 Å². The topological polar surface area (TPSA) is 112 Å². The fourth-order valence-electron chi connectivity index (χ4n) is 3.62. The molecular weight excluding hydrogens is 396 g/mol. The lowest BCUT2D eigenvalue weighted by Gasteiger charge is -2.26. The van der Waals surface area contributed by atoms with E-state index >= 15 is 0 Å². The molecule has 2 aromatic rings. The van der Waals surface area contributed by atoms with Crippen LogP contribution in [0, 0.1) is 0 Å². The van der Waals surface area contributed by atoms with Crippen LogP contribution >= 0.6 is 11.6 Å². The molecule has 156 valence electrons. The number of hydrogen-bond donors (Lipinski definition) is 4. The van der Waals surface area contributed by atoms with Crippen molar-refractivity contribution in [2.24, 2.45) is 0 Å². The van der Waals surface area contributed by atoms with E-state index in [9.17, 15) is 19.8 Å². The van der Waals surface area contributed by atoms with Gasteiger partial charge in [-0.2, -0.15) is 0 Å². The van der Waals surface area contributed by atoms with Gasteiger partial charge in [0.2, 0.25) is 0 Å². The monoisotopic (exact) mass is 420 g/mol. The molecule has 0 aliphatic heterocycles. The van der Waals surface area contributed by atoms with Gasteiger partial charge in [-0.25, -0.2) is 0 Å². The van der Waals surface area contributed by atoms with Crippen LogP contribution in [-0.4, -0.2) is 47.8 Å². The van der Waals surface area contributed by atoms with Gasteiger partial charge < -0.3 is 25.3 Å². The number of amides is 2. The zero-order valence-corrected chi connectivity index (χ0v) is 16.9. The molecule has 1 aliphatic carbocycles. The maximum Gasteiger partial charge on any atom is 0.286 e. The number of carbonyl (C=O) groups excluding carboxylic acids is 2. The van der Waals surface area contributed by atoms with Crippen LogP contribution in [0.2, 0.25) is 5.02 Å². The van der Waals surface area contributed by atoms with E-state index in [1.54, 1.807) is 24.3 Å². The van der Waals surface area contributed by atoms with E-state index in [0.717, 1.165) is 0 Å². The first-order valence-electron chi connectivity index (χ1n) is 9.64. The van der Waals surface area contributed by atoms with Gasteiger partial charge in [-0.3, -0.25) is 9.59 Å². The number of aliphatic hydroxyl groups is 2. The molecule has 0 spiro atoms. The Kier molecular flexibility index (Phi) is 6.95. The van der Waals surface area contributed by atoms with Crippen molar-refractivity contribution in [1.29, 1.82) is 0 Å². The fraction of sp³-hybridized carbons (Fsp3) is 0.429. The van der Waals surface area contributed by atoms with Crippen molar-refractivity contribution in [2.75, 3.05) is 13.7 Å². The van der Waals surface area contributed by atoms with E-state index in [1.807, 2.05) is 0 Å². The number of nitrogens with one attached hydrogen (secondary N) is 2. The number of carbonyl (C=O) groups is 2. The highest BCUT2D eigenvalue weighted by molar-refractivity contribution is 6.30. The van der Waals surface area contributed by atoms with Crippen molar-refractivity contribution in [3.05, 3.63) is 58.0 Å². The molecule has 1 aromatic heterocycles. The summed E-state index contributed by atoms with van der Waals surface area (Å²) in [5, 5.41) is 25.6. The lowest BCUT2D eigenvalue weighted by atomic mass is 9.92. The Bertz CT molecular complexity index is 874. The summed E-state index contributed by atoms with van der Waals surface area (Å²) in [6.07, 6.45) is 2.30. The first kappa shape index (κ1) is 21.4. The van der Waals surface area contributed by atoms with Crippen LogP contribution in [-0.2, 0) is 0 Å². The standard InChI is InChI=1S/C21H25ClN2O5/c1-23-21(28)18-10-16(20(27)24-14-5-7-15(26)8-6-14)19(29-18)17(11-25)12-3-2-4-13(22)9-12/h2-4,9-10,14-15,17,25-26H,5-8,11H2,1H3,(H,23,28)(H,24,27). The van der Waals surface area contributed by atoms with Crippen LogP contribution in [0.25, 0.3) is 0 Å². The van der Waals surface area contributed by atoms with E-state index in [2.05, 4.69) is 10.6 Å². The molecule has 1 saturated carbocycles. The molecule has 0 bridgehead atoms. The molecule has 3 rings (SSSR count). The highest BCUT2D eigenvalue weighted by atomic mass is 35.5. The Morgan fingerprint density at radius 1 is 1.21 bits per heavy atom. The number of aliphatic hydroxyl groups excluding tert-OH is 2. The van der Waals surface area contributed by atoms with Gasteiger partial charge in [0.05, 0.1) is 24.2 Å². The number of benzene rings is 1. The summed E-state index contributed by atoms with van der Waals surface area (Å²) in [4.78, 5) is 25.1. The molecule has 1 fully saturated rings. The minimum Gasteiger partial charge on any atom is -0.454 e. The molecule has 8 heteroatoms. The number of halogens is 1. The molecule has 1 heterocycles. The van der Waals surface area contributed by atoms with Crippen molar-refractivity contribution >= 4 is 23.4 Å². The third kappa shape index (κ3) is 4.98. The van der Waals surface area contributed by atoms with Gasteiger partial charge in [-0.05, 0) is 43.4 Å². The predicted molar refractivity (Wildman–Crippen MR) is 108 cm³/mol. The Balaban J connectivity index is 1.93. The maximum absolute atomic E-state index is 13.0. The fourth-order valence-corrected chi connectivity index (χ4v) is 3.82. The maximum atomic E-state index is 13.0. The third-order valence-corrected chi connectivity index (χ3v) is 5.47. The predicted octanol–water partition coefficient (Wildman–Crippen LogP) is 2.45. The molecule has 7 nitrogen and oxygen atoms in total. The third-order valence-electron chi connectivity index (χ3n) is 5.24. The van der Waals surface area contributed by atoms with Crippen molar-refractivity contribution in [2.45, 2.75) is 43.7 Å². The molecule has 4 N–H and O–H groups in total. The van der Waals surface area contributed by atoms with Crippen LogP contribution in [0.15, 0.2) is 34.7 Å². The molecule has 2 amide bonds. The highest BCUT2D eigenvalue weighted by Gasteiger charge is 2.29. The van der Waals surface area contributed by atoms with Gasteiger partial charge in [-0.1, -0.05) is 23.7 Å². The van der Waals surface area contributed by atoms with Crippen molar-refractivity contribution in [1.82, 2.24) is 10.6 Å². The quantitative estimate of drug-likeness (QED) is 0.573. The second-order valence-corrected chi connectivity index (χ2v) is 7.67. The van der Waals surface area contributed by atoms with Crippen LogP contribution in [0.5, 0.6) is 0 Å². The number of rotatable bonds is 6. The first-order valence-corrected chi connectivity index (χ1v) is 10.0. The first-order chi connectivity index (χ1) is 13.9. The Morgan fingerprint density at radius 2 is 1.93 bits per heavy atom. The van der Waals surface area contributed by atoms with E-state index in [1.165, 1.54) is 13.1 Å². The van der Waals surface area contributed by atoms with E-state index in [4.69, 9.17) is 16.0 Å². The molecule has 0 radical (unpaired) electrons. The molecule has 1 aromatic carbocycles. The Hall–Kier alpha value is -2.35. The summed E-state index contributed by atoms with van der Waals surface area (Å²) in [5.41, 5.74) is 0.876. The zero-order chi connectivity index (χ0) is 21.0. The number of furan rings is 1.